The number of sulfonamides is 1. The molecule has 0 spiro atoms. The predicted molar refractivity (Wildman–Crippen MR) is 180 cm³/mol. The molecule has 0 aliphatic carbocycles. The second kappa shape index (κ2) is 15.6. The second-order valence-electron chi connectivity index (χ2n) is 10.9. The zero-order valence-electron chi connectivity index (χ0n) is 26.2. The number of rotatable bonds is 14. The number of benzene rings is 4. The summed E-state index contributed by atoms with van der Waals surface area (Å²) in [7, 11) is -1.40. The molecule has 242 valence electrons. The highest BCUT2D eigenvalue weighted by Crippen LogP contribution is 2.33. The van der Waals surface area contributed by atoms with Crippen LogP contribution < -0.4 is 19.1 Å². The maximum absolute atomic E-state index is 14.6. The monoisotopic (exact) mass is 663 g/mol. The molecule has 1 atom stereocenters. The molecular weight excluding hydrogens is 626 g/mol. The number of nitrogens with zero attached hydrogens (tertiary/aromatic N) is 2. The minimum Gasteiger partial charge on any atom is -0.497 e. The standard InChI is InChI=1S/C35H38ClN3O6S/c1-25(2)37-35(41)32(22-26-10-6-5-7-11-26)38(23-27-14-16-28(36)17-15-27)34(40)24-39(31-12-8-9-13-33(31)45-4)46(42,43)30-20-18-29(44-3)19-21-30/h5-21,25,32H,22-24H2,1-4H3,(H,37,41). The molecule has 1 unspecified atom stereocenters. The third-order valence-corrected chi connectivity index (χ3v) is 9.27. The van der Waals surface area contributed by atoms with Crippen LogP contribution in [0, 0.1) is 0 Å². The zero-order chi connectivity index (χ0) is 33.3. The van der Waals surface area contributed by atoms with E-state index in [0.717, 1.165) is 15.4 Å². The van der Waals surface area contributed by atoms with Crippen molar-refractivity contribution in [2.45, 2.75) is 43.8 Å². The van der Waals surface area contributed by atoms with Crippen molar-refractivity contribution in [2.24, 2.45) is 0 Å². The van der Waals surface area contributed by atoms with E-state index in [9.17, 15) is 18.0 Å². The van der Waals surface area contributed by atoms with Crippen LogP contribution in [0.2, 0.25) is 5.02 Å². The smallest absolute Gasteiger partial charge is 0.264 e. The lowest BCUT2D eigenvalue weighted by atomic mass is 10.0. The quantitative estimate of drug-likeness (QED) is 0.185. The van der Waals surface area contributed by atoms with Crippen LogP contribution in [0.1, 0.15) is 25.0 Å². The molecule has 0 bridgehead atoms. The van der Waals surface area contributed by atoms with Gasteiger partial charge in [0.25, 0.3) is 10.0 Å². The highest BCUT2D eigenvalue weighted by Gasteiger charge is 2.35. The van der Waals surface area contributed by atoms with Gasteiger partial charge in [0, 0.05) is 24.0 Å². The highest BCUT2D eigenvalue weighted by atomic mass is 35.5. The van der Waals surface area contributed by atoms with E-state index in [0.29, 0.717) is 10.8 Å². The molecule has 0 aromatic heterocycles. The Hall–Kier alpha value is -4.54. The number of hydrogen-bond donors (Lipinski definition) is 1. The van der Waals surface area contributed by atoms with Gasteiger partial charge in [0.2, 0.25) is 11.8 Å². The van der Waals surface area contributed by atoms with Gasteiger partial charge in [0.15, 0.2) is 0 Å². The average molecular weight is 664 g/mol. The Kier molecular flexibility index (Phi) is 11.7. The van der Waals surface area contributed by atoms with E-state index in [-0.39, 0.29) is 41.2 Å². The summed E-state index contributed by atoms with van der Waals surface area (Å²) in [5.41, 5.74) is 1.73. The van der Waals surface area contributed by atoms with Gasteiger partial charge >= 0.3 is 0 Å². The summed E-state index contributed by atoms with van der Waals surface area (Å²) in [6.07, 6.45) is 0.207. The van der Waals surface area contributed by atoms with Crippen LogP contribution in [0.5, 0.6) is 11.5 Å². The Morgan fingerprint density at radius 3 is 2.04 bits per heavy atom. The Labute approximate surface area is 275 Å². The van der Waals surface area contributed by atoms with Gasteiger partial charge < -0.3 is 19.7 Å². The van der Waals surface area contributed by atoms with Crippen LogP contribution in [0.3, 0.4) is 0 Å². The molecule has 0 saturated heterocycles. The molecule has 0 saturated carbocycles. The number of halogens is 1. The highest BCUT2D eigenvalue weighted by molar-refractivity contribution is 7.92. The van der Waals surface area contributed by atoms with Crippen molar-refractivity contribution >= 4 is 39.1 Å². The van der Waals surface area contributed by atoms with Crippen molar-refractivity contribution < 1.29 is 27.5 Å². The summed E-state index contributed by atoms with van der Waals surface area (Å²) < 4.78 is 40.3. The van der Waals surface area contributed by atoms with Gasteiger partial charge in [-0.3, -0.25) is 13.9 Å². The predicted octanol–water partition coefficient (Wildman–Crippen LogP) is 5.72. The first kappa shape index (κ1) is 34.3. The maximum atomic E-state index is 14.6. The van der Waals surface area contributed by atoms with Gasteiger partial charge in [-0.1, -0.05) is 66.2 Å². The second-order valence-corrected chi connectivity index (χ2v) is 13.2. The first-order chi connectivity index (χ1) is 22.0. The lowest BCUT2D eigenvalue weighted by Crippen LogP contribution is -2.54. The van der Waals surface area contributed by atoms with Gasteiger partial charge in [-0.2, -0.15) is 0 Å². The molecule has 4 rings (SSSR count). The number of para-hydroxylation sites is 2. The summed E-state index contributed by atoms with van der Waals surface area (Å²) in [5, 5.41) is 3.47. The third kappa shape index (κ3) is 8.58. The molecule has 0 heterocycles. The van der Waals surface area contributed by atoms with Gasteiger partial charge in [-0.25, -0.2) is 8.42 Å². The molecule has 0 radical (unpaired) electrons. The summed E-state index contributed by atoms with van der Waals surface area (Å²) in [4.78, 5) is 29.7. The van der Waals surface area contributed by atoms with E-state index in [1.165, 1.54) is 43.4 Å². The first-order valence-corrected chi connectivity index (χ1v) is 16.5. The van der Waals surface area contributed by atoms with E-state index in [1.54, 1.807) is 48.5 Å². The fourth-order valence-corrected chi connectivity index (χ4v) is 6.50. The maximum Gasteiger partial charge on any atom is 0.264 e. The van der Waals surface area contributed by atoms with Crippen LogP contribution in [0.15, 0.2) is 108 Å². The van der Waals surface area contributed by atoms with Gasteiger partial charge in [-0.05, 0) is 73.5 Å². The Balaban J connectivity index is 1.83. The number of hydrogen-bond acceptors (Lipinski definition) is 6. The van der Waals surface area contributed by atoms with Crippen LogP contribution in [0.4, 0.5) is 5.69 Å². The molecular formula is C35H38ClN3O6S. The van der Waals surface area contributed by atoms with Crippen molar-refractivity contribution in [2.75, 3.05) is 25.1 Å². The molecule has 4 aromatic carbocycles. The van der Waals surface area contributed by atoms with E-state index in [4.69, 9.17) is 21.1 Å². The summed E-state index contributed by atoms with van der Waals surface area (Å²) in [6, 6.07) is 27.6. The molecule has 1 N–H and O–H groups in total. The van der Waals surface area contributed by atoms with E-state index >= 15 is 0 Å². The largest absolute Gasteiger partial charge is 0.497 e. The van der Waals surface area contributed by atoms with Crippen molar-refractivity contribution in [3.8, 4) is 11.5 Å². The number of carbonyl (C=O) groups excluding carboxylic acids is 2. The number of methoxy groups -OCH3 is 2. The minimum atomic E-state index is -4.31. The number of nitrogens with one attached hydrogen (secondary N) is 1. The van der Waals surface area contributed by atoms with Crippen LogP contribution in [0.25, 0.3) is 0 Å². The van der Waals surface area contributed by atoms with Gasteiger partial charge in [-0.15, -0.1) is 0 Å². The SMILES string of the molecule is COc1ccc(S(=O)(=O)N(CC(=O)N(Cc2ccc(Cl)cc2)C(Cc2ccccc2)C(=O)NC(C)C)c2ccccc2OC)cc1. The van der Waals surface area contributed by atoms with Crippen molar-refractivity contribution in [1.29, 1.82) is 0 Å². The van der Waals surface area contributed by atoms with Gasteiger partial charge in [0.1, 0.15) is 24.1 Å². The number of amides is 2. The van der Waals surface area contributed by atoms with E-state index < -0.39 is 28.5 Å². The topological polar surface area (TPSA) is 105 Å². The molecule has 4 aromatic rings. The first-order valence-electron chi connectivity index (χ1n) is 14.7. The van der Waals surface area contributed by atoms with Crippen LogP contribution in [-0.2, 0) is 32.6 Å². The van der Waals surface area contributed by atoms with Crippen molar-refractivity contribution in [3.05, 3.63) is 119 Å². The molecule has 11 heteroatoms. The van der Waals surface area contributed by atoms with E-state index in [2.05, 4.69) is 5.32 Å². The number of carbonyl (C=O) groups is 2. The normalized spacial score (nSPS) is 11.9. The fourth-order valence-electron chi connectivity index (χ4n) is 4.95. The van der Waals surface area contributed by atoms with Crippen molar-refractivity contribution in [1.82, 2.24) is 10.2 Å². The lowest BCUT2D eigenvalue weighted by Gasteiger charge is -2.34. The molecule has 2 amide bonds. The molecule has 0 aliphatic rings. The molecule has 46 heavy (non-hydrogen) atoms. The fraction of sp³-hybridized carbons (Fsp3) is 0.257. The molecule has 0 fully saturated rings. The zero-order valence-corrected chi connectivity index (χ0v) is 27.8. The third-order valence-electron chi connectivity index (χ3n) is 7.25. The Morgan fingerprint density at radius 1 is 0.804 bits per heavy atom. The Morgan fingerprint density at radius 2 is 1.43 bits per heavy atom. The van der Waals surface area contributed by atoms with Gasteiger partial charge in [0.05, 0.1) is 24.8 Å². The Bertz CT molecular complexity index is 1720. The van der Waals surface area contributed by atoms with E-state index in [1.807, 2.05) is 44.2 Å². The summed E-state index contributed by atoms with van der Waals surface area (Å²) in [6.45, 7) is 3.10. The number of ether oxygens (including phenoxy) is 2. The molecule has 9 nitrogen and oxygen atoms in total. The molecule has 0 aliphatic heterocycles. The van der Waals surface area contributed by atoms with Crippen molar-refractivity contribution in [3.63, 3.8) is 0 Å². The number of anilines is 1. The minimum absolute atomic E-state index is 0.0291. The summed E-state index contributed by atoms with van der Waals surface area (Å²) in [5.74, 6) is -0.205. The van der Waals surface area contributed by atoms with Crippen LogP contribution in [-0.4, -0.2) is 58.0 Å². The lowest BCUT2D eigenvalue weighted by molar-refractivity contribution is -0.140. The summed E-state index contributed by atoms with van der Waals surface area (Å²) >= 11 is 6.14. The van der Waals surface area contributed by atoms with Crippen LogP contribution >= 0.6 is 11.6 Å². The average Bonchev–Trinajstić information content (AvgIpc) is 3.06.